The molecule has 0 radical (unpaired) electrons. The number of nitrogens with zero attached hydrogens (tertiary/aromatic N) is 2. The molecule has 2 rings (SSSR count). The third-order valence-electron chi connectivity index (χ3n) is 3.96. The Labute approximate surface area is 142 Å². The van der Waals surface area contributed by atoms with Crippen LogP contribution in [0.2, 0.25) is 0 Å². The highest BCUT2D eigenvalue weighted by Crippen LogP contribution is 2.17. The summed E-state index contributed by atoms with van der Waals surface area (Å²) < 4.78 is 0. The van der Waals surface area contributed by atoms with Crippen molar-refractivity contribution in [2.45, 2.75) is 31.1 Å². The molecule has 5 nitrogen and oxygen atoms in total. The minimum absolute atomic E-state index is 0.0101. The first-order valence-corrected chi connectivity index (χ1v) is 8.28. The van der Waals surface area contributed by atoms with E-state index in [1.165, 1.54) is 6.92 Å². The number of amides is 2. The van der Waals surface area contributed by atoms with Gasteiger partial charge in [-0.25, -0.2) is 0 Å². The van der Waals surface area contributed by atoms with Crippen molar-refractivity contribution in [3.8, 4) is 0 Å². The summed E-state index contributed by atoms with van der Waals surface area (Å²) >= 11 is 4.34. The molecule has 124 valence electrons. The Kier molecular flexibility index (Phi) is 6.21. The van der Waals surface area contributed by atoms with E-state index in [-0.39, 0.29) is 30.4 Å². The van der Waals surface area contributed by atoms with Crippen molar-refractivity contribution >= 4 is 30.2 Å². The van der Waals surface area contributed by atoms with Crippen LogP contribution in [-0.2, 0) is 9.59 Å². The fourth-order valence-electron chi connectivity index (χ4n) is 2.64. The Morgan fingerprint density at radius 1 is 1.00 bits per heavy atom. The molecule has 1 aliphatic heterocycles. The van der Waals surface area contributed by atoms with Crippen LogP contribution >= 0.6 is 12.6 Å². The molecule has 0 aliphatic carbocycles. The summed E-state index contributed by atoms with van der Waals surface area (Å²) in [6.07, 6.45) is 1.28. The van der Waals surface area contributed by atoms with E-state index in [9.17, 15) is 14.4 Å². The van der Waals surface area contributed by atoms with Gasteiger partial charge in [0.25, 0.3) is 5.91 Å². The summed E-state index contributed by atoms with van der Waals surface area (Å²) in [5.41, 5.74) is 0.590. The van der Waals surface area contributed by atoms with Crippen LogP contribution in [-0.4, -0.2) is 53.6 Å². The van der Waals surface area contributed by atoms with E-state index in [1.54, 1.807) is 21.9 Å². The number of hydrogen-bond acceptors (Lipinski definition) is 4. The van der Waals surface area contributed by atoms with Gasteiger partial charge in [0.2, 0.25) is 5.91 Å². The molecule has 1 heterocycles. The van der Waals surface area contributed by atoms with Crippen LogP contribution in [0.4, 0.5) is 0 Å². The van der Waals surface area contributed by atoms with Crippen LogP contribution in [0.5, 0.6) is 0 Å². The summed E-state index contributed by atoms with van der Waals surface area (Å²) in [5, 5.41) is 0. The SMILES string of the molecule is CC(=O)CCC(=O)N1CCCN(C(=O)c2ccccc2S)CC1. The average Bonchev–Trinajstić information content (AvgIpc) is 2.78. The molecular formula is C17H22N2O3S. The highest BCUT2D eigenvalue weighted by atomic mass is 32.1. The van der Waals surface area contributed by atoms with E-state index < -0.39 is 0 Å². The Morgan fingerprint density at radius 3 is 2.35 bits per heavy atom. The average molecular weight is 334 g/mol. The van der Waals surface area contributed by atoms with E-state index >= 15 is 0 Å². The normalized spacial score (nSPS) is 15.2. The second-order valence-corrected chi connectivity index (χ2v) is 6.23. The molecule has 1 aromatic carbocycles. The first-order chi connectivity index (χ1) is 11.0. The quantitative estimate of drug-likeness (QED) is 0.857. The predicted molar refractivity (Wildman–Crippen MR) is 90.7 cm³/mol. The monoisotopic (exact) mass is 334 g/mol. The fourth-order valence-corrected chi connectivity index (χ4v) is 2.89. The maximum absolute atomic E-state index is 12.6. The number of benzene rings is 1. The van der Waals surface area contributed by atoms with E-state index in [4.69, 9.17) is 0 Å². The lowest BCUT2D eigenvalue weighted by atomic mass is 10.2. The summed E-state index contributed by atoms with van der Waals surface area (Å²) in [4.78, 5) is 39.9. The van der Waals surface area contributed by atoms with Gasteiger partial charge in [-0.05, 0) is 25.5 Å². The molecule has 0 aromatic heterocycles. The van der Waals surface area contributed by atoms with E-state index in [0.29, 0.717) is 36.6 Å². The molecule has 0 bridgehead atoms. The van der Waals surface area contributed by atoms with Crippen molar-refractivity contribution in [2.75, 3.05) is 26.2 Å². The lowest BCUT2D eigenvalue weighted by Crippen LogP contribution is -2.37. The van der Waals surface area contributed by atoms with Gasteiger partial charge < -0.3 is 14.6 Å². The standard InChI is InChI=1S/C17H22N2O3S/c1-13(20)7-8-16(21)18-9-4-10-19(12-11-18)17(22)14-5-2-3-6-15(14)23/h2-3,5-6,23H,4,7-12H2,1H3. The first kappa shape index (κ1) is 17.5. The van der Waals surface area contributed by atoms with Gasteiger partial charge in [-0.15, -0.1) is 12.6 Å². The molecule has 1 saturated heterocycles. The number of carbonyl (C=O) groups excluding carboxylic acids is 3. The molecule has 1 fully saturated rings. The molecule has 6 heteroatoms. The summed E-state index contributed by atoms with van der Waals surface area (Å²) in [6, 6.07) is 7.23. The van der Waals surface area contributed by atoms with Crippen molar-refractivity contribution in [1.82, 2.24) is 9.80 Å². The fraction of sp³-hybridized carbons (Fsp3) is 0.471. The predicted octanol–water partition coefficient (Wildman–Crippen LogP) is 2.02. The Hall–Kier alpha value is -1.82. The van der Waals surface area contributed by atoms with Crippen LogP contribution in [0.1, 0.15) is 36.5 Å². The lowest BCUT2D eigenvalue weighted by Gasteiger charge is -2.22. The van der Waals surface area contributed by atoms with Crippen molar-refractivity contribution in [3.05, 3.63) is 29.8 Å². The van der Waals surface area contributed by atoms with Crippen molar-refractivity contribution < 1.29 is 14.4 Å². The third-order valence-corrected chi connectivity index (χ3v) is 4.35. The smallest absolute Gasteiger partial charge is 0.255 e. The second kappa shape index (κ2) is 8.15. The van der Waals surface area contributed by atoms with Crippen LogP contribution < -0.4 is 0 Å². The minimum atomic E-state index is -0.0476. The van der Waals surface area contributed by atoms with Crippen molar-refractivity contribution in [1.29, 1.82) is 0 Å². The molecule has 0 saturated carbocycles. The van der Waals surface area contributed by atoms with Crippen LogP contribution in [0.15, 0.2) is 29.2 Å². The Bertz CT molecular complexity index is 603. The molecule has 1 aliphatic rings. The van der Waals surface area contributed by atoms with Gasteiger partial charge in [0.05, 0.1) is 5.56 Å². The highest BCUT2D eigenvalue weighted by Gasteiger charge is 2.23. The molecule has 0 spiro atoms. The maximum atomic E-state index is 12.6. The summed E-state index contributed by atoms with van der Waals surface area (Å²) in [6.45, 7) is 3.76. The first-order valence-electron chi connectivity index (χ1n) is 7.83. The van der Waals surface area contributed by atoms with E-state index in [0.717, 1.165) is 6.42 Å². The number of hydrogen-bond donors (Lipinski definition) is 1. The number of Topliss-reactive ketones (excluding diaryl/α,β-unsaturated/α-hetero) is 1. The number of thiol groups is 1. The molecule has 2 amide bonds. The van der Waals surface area contributed by atoms with Crippen molar-refractivity contribution in [3.63, 3.8) is 0 Å². The van der Waals surface area contributed by atoms with Crippen LogP contribution in [0.25, 0.3) is 0 Å². The van der Waals surface area contributed by atoms with Gasteiger partial charge in [-0.3, -0.25) is 9.59 Å². The van der Waals surface area contributed by atoms with Gasteiger partial charge in [0.1, 0.15) is 5.78 Å². The zero-order valence-corrected chi connectivity index (χ0v) is 14.2. The maximum Gasteiger partial charge on any atom is 0.255 e. The molecular weight excluding hydrogens is 312 g/mol. The van der Waals surface area contributed by atoms with Crippen LogP contribution in [0, 0.1) is 0 Å². The zero-order valence-electron chi connectivity index (χ0n) is 13.3. The third kappa shape index (κ3) is 4.82. The Balaban J connectivity index is 1.96. The molecule has 23 heavy (non-hydrogen) atoms. The number of rotatable bonds is 4. The highest BCUT2D eigenvalue weighted by molar-refractivity contribution is 7.80. The zero-order chi connectivity index (χ0) is 16.8. The molecule has 1 aromatic rings. The number of carbonyl (C=O) groups is 3. The number of ketones is 1. The lowest BCUT2D eigenvalue weighted by molar-refractivity contribution is -0.132. The van der Waals surface area contributed by atoms with Gasteiger partial charge >= 0.3 is 0 Å². The molecule has 0 N–H and O–H groups in total. The topological polar surface area (TPSA) is 57.7 Å². The summed E-state index contributed by atoms with van der Waals surface area (Å²) in [5.74, 6) is -0.0342. The van der Waals surface area contributed by atoms with Gasteiger partial charge in [-0.1, -0.05) is 12.1 Å². The summed E-state index contributed by atoms with van der Waals surface area (Å²) in [7, 11) is 0. The van der Waals surface area contributed by atoms with E-state index in [2.05, 4.69) is 12.6 Å². The van der Waals surface area contributed by atoms with Crippen molar-refractivity contribution in [2.24, 2.45) is 0 Å². The van der Waals surface area contributed by atoms with Crippen LogP contribution in [0.3, 0.4) is 0 Å². The Morgan fingerprint density at radius 2 is 1.65 bits per heavy atom. The van der Waals surface area contributed by atoms with E-state index in [1.807, 2.05) is 12.1 Å². The second-order valence-electron chi connectivity index (χ2n) is 5.75. The van der Waals surface area contributed by atoms with Gasteiger partial charge in [0.15, 0.2) is 0 Å². The molecule has 0 unspecified atom stereocenters. The largest absolute Gasteiger partial charge is 0.341 e. The molecule has 0 atom stereocenters. The van der Waals surface area contributed by atoms with Gasteiger partial charge in [-0.2, -0.15) is 0 Å². The minimum Gasteiger partial charge on any atom is -0.341 e. The van der Waals surface area contributed by atoms with Gasteiger partial charge in [0, 0.05) is 43.9 Å².